The van der Waals surface area contributed by atoms with E-state index in [2.05, 4.69) is 11.0 Å². The van der Waals surface area contributed by atoms with E-state index in [0.29, 0.717) is 6.54 Å². The molecule has 19 heavy (non-hydrogen) atoms. The highest BCUT2D eigenvalue weighted by molar-refractivity contribution is 5.18. The Balaban J connectivity index is 2.30. The Bertz CT molecular complexity index is 366. The van der Waals surface area contributed by atoms with Gasteiger partial charge in [0.2, 0.25) is 0 Å². The summed E-state index contributed by atoms with van der Waals surface area (Å²) in [5.41, 5.74) is -0.972. The van der Waals surface area contributed by atoms with Gasteiger partial charge in [0.15, 0.2) is 0 Å². The SMILES string of the molecule is CC(C)N(CC(F)(F)F)C1(C#N)CN2CCC1CC2. The van der Waals surface area contributed by atoms with Crippen LogP contribution in [0.5, 0.6) is 0 Å². The van der Waals surface area contributed by atoms with Crippen molar-refractivity contribution in [3.8, 4) is 6.07 Å². The summed E-state index contributed by atoms with van der Waals surface area (Å²) in [5, 5.41) is 9.59. The molecule has 3 aliphatic heterocycles. The van der Waals surface area contributed by atoms with Crippen LogP contribution in [0.15, 0.2) is 0 Å². The van der Waals surface area contributed by atoms with Crippen molar-refractivity contribution in [2.45, 2.75) is 44.4 Å². The normalized spacial score (nSPS) is 34.8. The lowest BCUT2D eigenvalue weighted by Gasteiger charge is -2.55. The molecule has 0 aliphatic carbocycles. The van der Waals surface area contributed by atoms with E-state index >= 15 is 0 Å². The van der Waals surface area contributed by atoms with Crippen LogP contribution in [-0.2, 0) is 0 Å². The summed E-state index contributed by atoms with van der Waals surface area (Å²) in [6.07, 6.45) is -2.61. The molecule has 3 rings (SSSR count). The number of piperidine rings is 3. The summed E-state index contributed by atoms with van der Waals surface area (Å²) in [6, 6.07) is 1.95. The molecule has 0 aromatic rings. The molecule has 3 fully saturated rings. The maximum Gasteiger partial charge on any atom is 0.401 e. The first-order chi connectivity index (χ1) is 8.78. The van der Waals surface area contributed by atoms with Crippen molar-refractivity contribution in [2.75, 3.05) is 26.2 Å². The average molecular weight is 275 g/mol. The van der Waals surface area contributed by atoms with Crippen LogP contribution in [0, 0.1) is 17.2 Å². The van der Waals surface area contributed by atoms with Crippen LogP contribution >= 0.6 is 0 Å². The van der Waals surface area contributed by atoms with Crippen molar-refractivity contribution in [1.82, 2.24) is 9.80 Å². The Morgan fingerprint density at radius 3 is 2.26 bits per heavy atom. The molecule has 3 saturated heterocycles. The number of rotatable bonds is 3. The summed E-state index contributed by atoms with van der Waals surface area (Å²) < 4.78 is 38.4. The lowest BCUT2D eigenvalue weighted by atomic mass is 9.72. The number of nitriles is 1. The van der Waals surface area contributed by atoms with Crippen molar-refractivity contribution in [1.29, 1.82) is 5.26 Å². The van der Waals surface area contributed by atoms with E-state index in [1.165, 1.54) is 4.90 Å². The maximum atomic E-state index is 12.8. The minimum atomic E-state index is -4.26. The second-order valence-electron chi connectivity index (χ2n) is 5.92. The van der Waals surface area contributed by atoms with Crippen molar-refractivity contribution in [2.24, 2.45) is 5.92 Å². The first-order valence-electron chi connectivity index (χ1n) is 6.75. The molecule has 1 atom stereocenters. The molecule has 0 aromatic heterocycles. The lowest BCUT2D eigenvalue weighted by molar-refractivity contribution is -0.174. The van der Waals surface area contributed by atoms with E-state index in [4.69, 9.17) is 0 Å². The summed E-state index contributed by atoms with van der Waals surface area (Å²) >= 11 is 0. The second kappa shape index (κ2) is 4.95. The summed E-state index contributed by atoms with van der Waals surface area (Å²) in [4.78, 5) is 3.48. The molecule has 0 saturated carbocycles. The van der Waals surface area contributed by atoms with Gasteiger partial charge in [-0.1, -0.05) is 0 Å². The van der Waals surface area contributed by atoms with Crippen LogP contribution in [0.2, 0.25) is 0 Å². The van der Waals surface area contributed by atoms with Gasteiger partial charge in [0.1, 0.15) is 5.54 Å². The lowest BCUT2D eigenvalue weighted by Crippen LogP contribution is -2.68. The molecule has 3 aliphatic rings. The topological polar surface area (TPSA) is 30.3 Å². The van der Waals surface area contributed by atoms with Gasteiger partial charge in [-0.3, -0.25) is 4.90 Å². The van der Waals surface area contributed by atoms with Gasteiger partial charge < -0.3 is 4.90 Å². The van der Waals surface area contributed by atoms with E-state index in [-0.39, 0.29) is 12.0 Å². The molecule has 6 heteroatoms. The predicted molar refractivity (Wildman–Crippen MR) is 65.4 cm³/mol. The first kappa shape index (κ1) is 14.6. The Kier molecular flexibility index (Phi) is 3.80. The second-order valence-corrected chi connectivity index (χ2v) is 5.92. The molecule has 0 aromatic carbocycles. The van der Waals surface area contributed by atoms with Gasteiger partial charge in [-0.25, -0.2) is 0 Å². The minimum Gasteiger partial charge on any atom is -0.300 e. The molecule has 2 bridgehead atoms. The average Bonchev–Trinajstić information content (AvgIpc) is 2.35. The van der Waals surface area contributed by atoms with E-state index in [0.717, 1.165) is 25.9 Å². The van der Waals surface area contributed by atoms with Crippen LogP contribution < -0.4 is 0 Å². The smallest absolute Gasteiger partial charge is 0.300 e. The fourth-order valence-electron chi connectivity index (χ4n) is 3.53. The maximum absolute atomic E-state index is 12.8. The standard InChI is InChI=1S/C13H20F3N3/c1-10(2)19(9-13(14,15)16)12(7-17)8-18-5-3-11(12)4-6-18/h10-11H,3-6,8-9H2,1-2H3. The number of hydrogen-bond donors (Lipinski definition) is 0. The highest BCUT2D eigenvalue weighted by atomic mass is 19.4. The fraction of sp³-hybridized carbons (Fsp3) is 0.923. The van der Waals surface area contributed by atoms with Crippen molar-refractivity contribution in [3.63, 3.8) is 0 Å². The zero-order chi connectivity index (χ0) is 14.3. The van der Waals surface area contributed by atoms with Crippen LogP contribution in [0.4, 0.5) is 13.2 Å². The quantitative estimate of drug-likeness (QED) is 0.791. The predicted octanol–water partition coefficient (Wildman–Crippen LogP) is 2.25. The summed E-state index contributed by atoms with van der Waals surface area (Å²) in [6.45, 7) is 4.74. The molecule has 3 heterocycles. The van der Waals surface area contributed by atoms with Crippen molar-refractivity contribution >= 4 is 0 Å². The summed E-state index contributed by atoms with van der Waals surface area (Å²) in [7, 11) is 0. The fourth-order valence-corrected chi connectivity index (χ4v) is 3.53. The number of hydrogen-bond acceptors (Lipinski definition) is 3. The zero-order valence-corrected chi connectivity index (χ0v) is 11.4. The van der Waals surface area contributed by atoms with Gasteiger partial charge in [0.25, 0.3) is 0 Å². The highest BCUT2D eigenvalue weighted by Gasteiger charge is 2.53. The largest absolute Gasteiger partial charge is 0.401 e. The molecule has 3 nitrogen and oxygen atoms in total. The van der Waals surface area contributed by atoms with E-state index in [9.17, 15) is 18.4 Å². The van der Waals surface area contributed by atoms with Crippen LogP contribution in [-0.4, -0.2) is 53.7 Å². The third-order valence-electron chi connectivity index (χ3n) is 4.41. The third-order valence-corrected chi connectivity index (χ3v) is 4.41. The number of nitrogens with zero attached hydrogens (tertiary/aromatic N) is 3. The van der Waals surface area contributed by atoms with Gasteiger partial charge in [-0.05, 0) is 45.7 Å². The van der Waals surface area contributed by atoms with Crippen molar-refractivity contribution < 1.29 is 13.2 Å². The van der Waals surface area contributed by atoms with Crippen LogP contribution in [0.25, 0.3) is 0 Å². The molecule has 0 radical (unpaired) electrons. The first-order valence-corrected chi connectivity index (χ1v) is 6.75. The Hall–Kier alpha value is -0.800. The highest BCUT2D eigenvalue weighted by Crippen LogP contribution is 2.41. The monoisotopic (exact) mass is 275 g/mol. The molecular weight excluding hydrogens is 255 g/mol. The number of alkyl halides is 3. The van der Waals surface area contributed by atoms with E-state index in [1.54, 1.807) is 13.8 Å². The number of fused-ring (bicyclic) bond motifs is 3. The van der Waals surface area contributed by atoms with E-state index < -0.39 is 18.3 Å². The summed E-state index contributed by atoms with van der Waals surface area (Å²) in [5.74, 6) is 0.0623. The third kappa shape index (κ3) is 2.72. The molecule has 0 amide bonds. The van der Waals surface area contributed by atoms with Gasteiger partial charge in [-0.2, -0.15) is 18.4 Å². The van der Waals surface area contributed by atoms with Gasteiger partial charge in [0, 0.05) is 12.6 Å². The number of halogens is 3. The van der Waals surface area contributed by atoms with Gasteiger partial charge in [-0.15, -0.1) is 0 Å². The van der Waals surface area contributed by atoms with Gasteiger partial charge in [0.05, 0.1) is 12.6 Å². The molecule has 1 unspecified atom stereocenters. The zero-order valence-electron chi connectivity index (χ0n) is 11.4. The Morgan fingerprint density at radius 2 is 1.95 bits per heavy atom. The van der Waals surface area contributed by atoms with Crippen LogP contribution in [0.1, 0.15) is 26.7 Å². The molecular formula is C13H20F3N3. The molecule has 0 spiro atoms. The van der Waals surface area contributed by atoms with E-state index in [1.807, 2.05) is 0 Å². The minimum absolute atomic E-state index is 0.0623. The Labute approximate surface area is 112 Å². The molecule has 0 N–H and O–H groups in total. The molecule has 108 valence electrons. The van der Waals surface area contributed by atoms with Crippen molar-refractivity contribution in [3.05, 3.63) is 0 Å². The Morgan fingerprint density at radius 1 is 1.37 bits per heavy atom. The van der Waals surface area contributed by atoms with Crippen LogP contribution in [0.3, 0.4) is 0 Å². The van der Waals surface area contributed by atoms with Gasteiger partial charge >= 0.3 is 6.18 Å².